The van der Waals surface area contributed by atoms with Crippen LogP contribution >= 0.6 is 22.7 Å². The van der Waals surface area contributed by atoms with Gasteiger partial charge in [-0.25, -0.2) is 9.59 Å². The van der Waals surface area contributed by atoms with Crippen LogP contribution in [-0.2, 0) is 21.7 Å². The van der Waals surface area contributed by atoms with Gasteiger partial charge in [-0.1, -0.05) is 12.1 Å². The van der Waals surface area contributed by atoms with Crippen LogP contribution in [0.3, 0.4) is 0 Å². The van der Waals surface area contributed by atoms with Crippen LogP contribution in [0.1, 0.15) is 52.2 Å². The van der Waals surface area contributed by atoms with E-state index in [4.69, 9.17) is 4.74 Å². The first kappa shape index (κ1) is 26.6. The Morgan fingerprint density at radius 1 is 1.16 bits per heavy atom. The minimum Gasteiger partial charge on any atom is -0.460 e. The van der Waals surface area contributed by atoms with Crippen LogP contribution in [0.5, 0.6) is 0 Å². The molecule has 200 valence electrons. The number of H-pyrrole nitrogens is 1. The number of aromatic amines is 1. The number of aldehydes is 1. The molecule has 5 rings (SSSR count). The Labute approximate surface area is 228 Å². The molecule has 10 heteroatoms. The van der Waals surface area contributed by atoms with Crippen LogP contribution in [0.2, 0.25) is 0 Å². The Morgan fingerprint density at radius 2 is 1.84 bits per heavy atom. The van der Waals surface area contributed by atoms with Crippen molar-refractivity contribution in [2.75, 3.05) is 13.6 Å². The number of thiophene rings is 2. The minimum atomic E-state index is -1.77. The second kappa shape index (κ2) is 11.4. The number of nitrogens with one attached hydrogen (secondary N) is 1. The number of aryl methyl sites for hydroxylation is 1. The van der Waals surface area contributed by atoms with Gasteiger partial charge in [0.05, 0.1) is 20.8 Å². The van der Waals surface area contributed by atoms with Crippen molar-refractivity contribution in [3.8, 4) is 0 Å². The molecule has 2 N–H and O–H groups in total. The van der Waals surface area contributed by atoms with Gasteiger partial charge in [-0.15, -0.1) is 22.7 Å². The van der Waals surface area contributed by atoms with Crippen molar-refractivity contribution in [2.24, 2.45) is 0 Å². The standard InChI is InChI=1S/C28H31N3O5S2/c1-30(13-4-14-31-23-12-7-19(18-32)17-22(23)29-27(31)34)20-8-10-21(11-9-20)36-26(33)28(35,24-5-2-15-37-24)25-6-3-16-38-25/h2-3,5-7,12,15-18,20-21,35H,4,8-11,13-14H2,1H3,(H,29,34). The molecule has 3 aromatic heterocycles. The second-order valence-corrected chi connectivity index (χ2v) is 11.7. The third-order valence-electron chi connectivity index (χ3n) is 7.42. The average molecular weight is 554 g/mol. The Hall–Kier alpha value is -3.05. The molecule has 0 saturated heterocycles. The minimum absolute atomic E-state index is 0.168. The highest BCUT2D eigenvalue weighted by Crippen LogP contribution is 2.38. The quantitative estimate of drug-likeness (QED) is 0.223. The lowest BCUT2D eigenvalue weighted by molar-refractivity contribution is -0.169. The van der Waals surface area contributed by atoms with Crippen molar-refractivity contribution in [3.05, 3.63) is 79.0 Å². The van der Waals surface area contributed by atoms with Gasteiger partial charge in [0.15, 0.2) is 0 Å². The summed E-state index contributed by atoms with van der Waals surface area (Å²) >= 11 is 2.69. The molecule has 1 fully saturated rings. The summed E-state index contributed by atoms with van der Waals surface area (Å²) in [5, 5.41) is 15.2. The molecule has 1 aromatic carbocycles. The van der Waals surface area contributed by atoms with Gasteiger partial charge in [0.1, 0.15) is 12.4 Å². The van der Waals surface area contributed by atoms with E-state index in [1.807, 2.05) is 22.9 Å². The van der Waals surface area contributed by atoms with Crippen molar-refractivity contribution in [1.29, 1.82) is 0 Å². The van der Waals surface area contributed by atoms with E-state index in [1.165, 1.54) is 22.7 Å². The highest BCUT2D eigenvalue weighted by atomic mass is 32.1. The molecule has 0 unspecified atom stereocenters. The number of aliphatic hydroxyl groups is 1. The topological polar surface area (TPSA) is 105 Å². The van der Waals surface area contributed by atoms with Crippen LogP contribution < -0.4 is 5.69 Å². The van der Waals surface area contributed by atoms with E-state index in [0.717, 1.165) is 50.5 Å². The van der Waals surface area contributed by atoms with Crippen molar-refractivity contribution in [1.82, 2.24) is 14.5 Å². The number of ether oxygens (including phenoxy) is 1. The lowest BCUT2D eigenvalue weighted by atomic mass is 9.91. The molecule has 0 radical (unpaired) electrons. The maximum Gasteiger partial charge on any atom is 0.349 e. The number of hydrogen-bond donors (Lipinski definition) is 2. The van der Waals surface area contributed by atoms with Gasteiger partial charge in [0.25, 0.3) is 0 Å². The lowest BCUT2D eigenvalue weighted by Crippen LogP contribution is -2.42. The highest BCUT2D eigenvalue weighted by Gasteiger charge is 2.45. The number of imidazole rings is 1. The summed E-state index contributed by atoms with van der Waals surface area (Å²) in [6, 6.07) is 12.8. The zero-order chi connectivity index (χ0) is 26.7. The Balaban J connectivity index is 1.13. The number of hydrogen-bond acceptors (Lipinski definition) is 8. The van der Waals surface area contributed by atoms with Crippen molar-refractivity contribution < 1.29 is 19.4 Å². The smallest absolute Gasteiger partial charge is 0.349 e. The Kier molecular flexibility index (Phi) is 7.94. The highest BCUT2D eigenvalue weighted by molar-refractivity contribution is 7.12. The van der Waals surface area contributed by atoms with Crippen molar-refractivity contribution in [3.63, 3.8) is 0 Å². The van der Waals surface area contributed by atoms with E-state index in [9.17, 15) is 19.5 Å². The molecule has 0 aliphatic heterocycles. The summed E-state index contributed by atoms with van der Waals surface area (Å²) in [7, 11) is 2.09. The predicted octanol–water partition coefficient (Wildman–Crippen LogP) is 4.38. The molecular weight excluding hydrogens is 522 g/mol. The first-order valence-electron chi connectivity index (χ1n) is 12.8. The van der Waals surface area contributed by atoms with Crippen molar-refractivity contribution in [2.45, 2.75) is 56.4 Å². The number of benzene rings is 1. The number of carbonyl (C=O) groups is 2. The number of aromatic nitrogens is 2. The largest absolute Gasteiger partial charge is 0.460 e. The fourth-order valence-corrected chi connectivity index (χ4v) is 6.98. The summed E-state index contributed by atoms with van der Waals surface area (Å²) < 4.78 is 7.59. The van der Waals surface area contributed by atoms with Crippen LogP contribution in [0.15, 0.2) is 58.0 Å². The second-order valence-electron chi connectivity index (χ2n) is 9.81. The van der Waals surface area contributed by atoms with Crippen LogP contribution in [0, 0.1) is 0 Å². The van der Waals surface area contributed by atoms with E-state index in [-0.39, 0.29) is 11.8 Å². The van der Waals surface area contributed by atoms with Gasteiger partial charge in [-0.2, -0.15) is 0 Å². The SMILES string of the molecule is CN(CCCn1c(=O)[nH]c2cc(C=O)ccc21)C1CCC(OC(=O)C(O)(c2cccs2)c2cccs2)CC1. The molecule has 4 aromatic rings. The zero-order valence-corrected chi connectivity index (χ0v) is 22.8. The fraction of sp³-hybridized carbons (Fsp3) is 0.393. The number of carbonyl (C=O) groups excluding carboxylic acids is 2. The summed E-state index contributed by atoms with van der Waals surface area (Å²) in [6.45, 7) is 1.41. The van der Waals surface area contributed by atoms with Gasteiger partial charge in [0, 0.05) is 18.2 Å². The van der Waals surface area contributed by atoms with E-state index in [0.29, 0.717) is 33.4 Å². The number of nitrogens with zero attached hydrogens (tertiary/aromatic N) is 2. The molecular formula is C28H31N3O5S2. The number of rotatable bonds is 10. The molecule has 3 heterocycles. The summed E-state index contributed by atoms with van der Waals surface area (Å²) in [5.41, 5.74) is 0.0693. The normalized spacial score (nSPS) is 18.2. The third-order valence-corrected chi connectivity index (χ3v) is 9.38. The molecule has 8 nitrogen and oxygen atoms in total. The first-order valence-corrected chi connectivity index (χ1v) is 14.6. The molecule has 0 atom stereocenters. The van der Waals surface area contributed by atoms with Crippen LogP contribution in [0.25, 0.3) is 11.0 Å². The van der Waals surface area contributed by atoms with E-state index in [1.54, 1.807) is 34.9 Å². The van der Waals surface area contributed by atoms with Gasteiger partial charge in [0.2, 0.25) is 5.60 Å². The van der Waals surface area contributed by atoms with Gasteiger partial charge >= 0.3 is 11.7 Å². The van der Waals surface area contributed by atoms with Gasteiger partial charge in [-0.05, 0) is 86.8 Å². The zero-order valence-electron chi connectivity index (χ0n) is 21.2. The van der Waals surface area contributed by atoms with Gasteiger partial charge < -0.3 is 19.7 Å². The van der Waals surface area contributed by atoms with Crippen molar-refractivity contribution >= 4 is 46.0 Å². The first-order chi connectivity index (χ1) is 18.4. The van der Waals surface area contributed by atoms with Gasteiger partial charge in [-0.3, -0.25) is 9.36 Å². The predicted molar refractivity (Wildman–Crippen MR) is 149 cm³/mol. The number of esters is 1. The summed E-state index contributed by atoms with van der Waals surface area (Å²) in [5.74, 6) is -0.608. The molecule has 1 aliphatic carbocycles. The maximum absolute atomic E-state index is 13.2. The number of fused-ring (bicyclic) bond motifs is 1. The maximum atomic E-state index is 13.2. The molecule has 0 spiro atoms. The van der Waals surface area contributed by atoms with E-state index in [2.05, 4.69) is 16.9 Å². The lowest BCUT2D eigenvalue weighted by Gasteiger charge is -2.35. The van der Waals surface area contributed by atoms with E-state index < -0.39 is 11.6 Å². The fourth-order valence-electron chi connectivity index (χ4n) is 5.27. The Bertz CT molecular complexity index is 1400. The monoisotopic (exact) mass is 553 g/mol. The van der Waals surface area contributed by atoms with E-state index >= 15 is 0 Å². The molecule has 0 amide bonds. The summed E-state index contributed by atoms with van der Waals surface area (Å²) in [6.07, 6.45) is 4.63. The molecule has 1 aliphatic rings. The average Bonchev–Trinajstić information content (AvgIpc) is 3.71. The van der Waals surface area contributed by atoms with Crippen LogP contribution in [-0.4, -0.2) is 57.6 Å². The molecule has 38 heavy (non-hydrogen) atoms. The third kappa shape index (κ3) is 5.26. The summed E-state index contributed by atoms with van der Waals surface area (Å²) in [4.78, 5) is 42.9. The molecule has 0 bridgehead atoms. The van der Waals surface area contributed by atoms with Crippen LogP contribution in [0.4, 0.5) is 0 Å². The Morgan fingerprint density at radius 3 is 2.45 bits per heavy atom. The molecule has 1 saturated carbocycles.